The van der Waals surface area contributed by atoms with E-state index in [2.05, 4.69) is 222 Å². The third-order valence-corrected chi connectivity index (χ3v) is 46.9. The number of hydrogen-bond acceptors (Lipinski definition) is 11. The Labute approximate surface area is 586 Å². The second-order valence-corrected chi connectivity index (χ2v) is 60.9. The van der Waals surface area contributed by atoms with Crippen molar-refractivity contribution in [3.05, 3.63) is 36.5 Å². The van der Waals surface area contributed by atoms with Crippen LogP contribution in [0.5, 0.6) is 0 Å². The Balaban J connectivity index is 2.57. The number of ketones is 2. The lowest BCUT2D eigenvalue weighted by atomic mass is 9.77. The van der Waals surface area contributed by atoms with Crippen LogP contribution >= 0.6 is 0 Å². The van der Waals surface area contributed by atoms with Crippen molar-refractivity contribution in [2.24, 2.45) is 53.3 Å². The molecule has 2 aliphatic rings. The van der Waals surface area contributed by atoms with E-state index in [4.69, 9.17) is 36.3 Å². The minimum absolute atomic E-state index is 0.00839. The standard InChI is InChI=1S/C78H152O11Si5/c1-37-63(47-48-64-58(9)66(86-94(38-2,39-3)40-4)53-78(82-64)51-50-54(5)65(83-78)52-57(8)85-90(29,30)74(17,18)19)45-43-41-42-44-55(6)70(87-91(31,32)75(20,21)22)59(10)68(80)61(12)72(89-93(35,36)77(26,27)28)62(13)69(81)60(11)71(88-92(33,34)76(23,24)25)56(7)46-49-67(79)84-73(14,15)16/h41-43,45-46,49,54-66,70-72H,37-40,44,47-48,50-53H2,1-36H3/b42-41+,45-43+,49-46+/t54-,55+,56-,57+,58+,59+,60+,61+,62-,63-,64-,65-,66-,70-,71+,72-,78-/m0/s1. The van der Waals surface area contributed by atoms with Crippen LogP contribution in [0.25, 0.3) is 0 Å². The lowest BCUT2D eigenvalue weighted by molar-refractivity contribution is -0.346. The lowest BCUT2D eigenvalue weighted by Crippen LogP contribution is -2.59. The van der Waals surface area contributed by atoms with Crippen molar-refractivity contribution in [3.63, 3.8) is 0 Å². The van der Waals surface area contributed by atoms with Gasteiger partial charge in [-0.25, -0.2) is 4.79 Å². The molecule has 16 heteroatoms. The van der Waals surface area contributed by atoms with E-state index in [-0.39, 0.29) is 80.0 Å². The summed E-state index contributed by atoms with van der Waals surface area (Å²) >= 11 is 0. The van der Waals surface area contributed by atoms with Crippen LogP contribution in [-0.2, 0) is 50.7 Å². The van der Waals surface area contributed by atoms with Crippen LogP contribution in [0.4, 0.5) is 0 Å². The van der Waals surface area contributed by atoms with E-state index >= 15 is 9.59 Å². The number of allylic oxidation sites excluding steroid dienone is 4. The number of carbonyl (C=O) groups is 3. The van der Waals surface area contributed by atoms with Gasteiger partial charge in [0.05, 0.1) is 36.6 Å². The maximum absolute atomic E-state index is 15.6. The minimum atomic E-state index is -2.57. The van der Waals surface area contributed by atoms with Gasteiger partial charge in [-0.1, -0.05) is 197 Å². The monoisotopic (exact) mass is 1410 g/mol. The molecular formula is C78H152O11Si5. The summed E-state index contributed by atoms with van der Waals surface area (Å²) in [6.45, 7) is 79.1. The first-order valence-electron chi connectivity index (χ1n) is 37.5. The molecule has 2 aliphatic heterocycles. The topological polar surface area (TPSA) is 125 Å². The Morgan fingerprint density at radius 1 is 0.564 bits per heavy atom. The molecule has 0 saturated carbocycles. The van der Waals surface area contributed by atoms with E-state index in [1.54, 1.807) is 0 Å². The zero-order chi connectivity index (χ0) is 73.1. The molecule has 2 rings (SSSR count). The van der Waals surface area contributed by atoms with Gasteiger partial charge in [0, 0.05) is 60.5 Å². The fourth-order valence-electron chi connectivity index (χ4n) is 12.9. The predicted octanol–water partition coefficient (Wildman–Crippen LogP) is 22.4. The molecule has 2 saturated heterocycles. The van der Waals surface area contributed by atoms with Crippen LogP contribution in [-0.4, -0.2) is 113 Å². The van der Waals surface area contributed by atoms with Gasteiger partial charge in [0.25, 0.3) is 0 Å². The van der Waals surface area contributed by atoms with Crippen LogP contribution in [0.3, 0.4) is 0 Å². The molecule has 2 heterocycles. The highest BCUT2D eigenvalue weighted by Crippen LogP contribution is 2.49. The molecule has 0 aromatic rings. The second-order valence-electron chi connectivity index (χ2n) is 37.1. The number of carbonyl (C=O) groups excluding carboxylic acids is 3. The first kappa shape index (κ1) is 88.9. The van der Waals surface area contributed by atoms with Crippen molar-refractivity contribution >= 4 is 59.1 Å². The Morgan fingerprint density at radius 3 is 1.44 bits per heavy atom. The largest absolute Gasteiger partial charge is 0.457 e. The van der Waals surface area contributed by atoms with E-state index < -0.39 is 94.8 Å². The number of hydrogen-bond donors (Lipinski definition) is 0. The van der Waals surface area contributed by atoms with E-state index in [9.17, 15) is 4.79 Å². The molecular weight excluding hydrogens is 1250 g/mol. The molecule has 0 N–H and O–H groups in total. The highest BCUT2D eigenvalue weighted by molar-refractivity contribution is 6.75. The summed E-state index contributed by atoms with van der Waals surface area (Å²) in [7, 11) is -11.3. The van der Waals surface area contributed by atoms with Gasteiger partial charge >= 0.3 is 5.97 Å². The van der Waals surface area contributed by atoms with Crippen LogP contribution in [0.15, 0.2) is 36.5 Å². The normalized spacial score (nSPS) is 25.0. The van der Waals surface area contributed by atoms with Crippen molar-refractivity contribution in [1.29, 1.82) is 0 Å². The molecule has 0 unspecified atom stereocenters. The summed E-state index contributed by atoms with van der Waals surface area (Å²) in [5, 5.41) is -0.275. The third-order valence-electron chi connectivity index (χ3n) is 24.2. The van der Waals surface area contributed by atoms with Crippen LogP contribution in [0.1, 0.15) is 245 Å². The van der Waals surface area contributed by atoms with Gasteiger partial charge in [-0.2, -0.15) is 0 Å². The summed E-state index contributed by atoms with van der Waals surface area (Å²) in [5.41, 5.74) is -0.644. The SMILES string of the molecule is CC[C@@H](/C=C/C=C/C[C@@H](C)[C@H](O[Si](C)(C)C(C)(C)C)[C@H](C)C(=O)[C@@H](C)[C@H](O[Si](C)(C)C(C)(C)C)[C@@H](C)C(=O)[C@@H](C)[C@H](O[Si](C)(C)C(C)(C)C)[C@@H](C)/C=C/C(=O)OC(C)(C)C)CC[C@@H]1O[C@]2(CC[C@H](C)[C@H](C[C@@H](C)O[Si](C)(C)C(C)(C)C)O2)C[C@H](O[Si](CC)(CC)CC)[C@@H]1C. The van der Waals surface area contributed by atoms with E-state index in [0.717, 1.165) is 69.5 Å². The molecule has 1 spiro atoms. The summed E-state index contributed by atoms with van der Waals surface area (Å²) in [5.74, 6) is -2.65. The molecule has 2 fully saturated rings. The van der Waals surface area contributed by atoms with Crippen LogP contribution in [0.2, 0.25) is 90.7 Å². The highest BCUT2D eigenvalue weighted by atomic mass is 28.4. The molecule has 0 radical (unpaired) electrons. The maximum atomic E-state index is 15.6. The predicted molar refractivity (Wildman–Crippen MR) is 411 cm³/mol. The molecule has 11 nitrogen and oxygen atoms in total. The smallest absolute Gasteiger partial charge is 0.330 e. The molecule has 94 heavy (non-hydrogen) atoms. The van der Waals surface area contributed by atoms with Gasteiger partial charge in [-0.05, 0) is 175 Å². The molecule has 0 bridgehead atoms. The second kappa shape index (κ2) is 35.1. The Bertz CT molecular complexity index is 2420. The van der Waals surface area contributed by atoms with E-state index in [1.165, 1.54) is 6.08 Å². The third kappa shape index (κ3) is 25.1. The number of ether oxygens (including phenoxy) is 3. The zero-order valence-corrected chi connectivity index (χ0v) is 73.0. The van der Waals surface area contributed by atoms with Crippen molar-refractivity contribution in [1.82, 2.24) is 0 Å². The fourth-order valence-corrected chi connectivity index (χ4v) is 21.6. The Morgan fingerprint density at radius 2 is 0.989 bits per heavy atom. The molecule has 0 aromatic heterocycles. The molecule has 0 amide bonds. The number of Topliss-reactive ketones (excluding diaryl/α,β-unsaturated/α-hetero) is 2. The zero-order valence-electron chi connectivity index (χ0n) is 68.0. The average molecular weight is 1410 g/mol. The molecule has 17 atom stereocenters. The van der Waals surface area contributed by atoms with Gasteiger partial charge in [-0.3, -0.25) is 9.59 Å². The van der Waals surface area contributed by atoms with Gasteiger partial charge in [0.15, 0.2) is 47.4 Å². The summed E-state index contributed by atoms with van der Waals surface area (Å²) in [6, 6.07) is 3.35. The summed E-state index contributed by atoms with van der Waals surface area (Å²) in [4.78, 5) is 44.1. The van der Waals surface area contributed by atoms with E-state index in [1.807, 2.05) is 54.5 Å². The number of esters is 1. The maximum Gasteiger partial charge on any atom is 0.330 e. The highest BCUT2D eigenvalue weighted by Gasteiger charge is 2.54. The molecule has 550 valence electrons. The quantitative estimate of drug-likeness (QED) is 0.0261. The Hall–Kier alpha value is -1.17. The fraction of sp³-hybridized carbons (Fsp3) is 0.885. The van der Waals surface area contributed by atoms with Crippen molar-refractivity contribution in [3.8, 4) is 0 Å². The molecule has 0 aromatic carbocycles. The van der Waals surface area contributed by atoms with E-state index in [0.29, 0.717) is 11.8 Å². The first-order chi connectivity index (χ1) is 42.4. The van der Waals surface area contributed by atoms with Crippen molar-refractivity contribution in [2.45, 2.75) is 390 Å². The van der Waals surface area contributed by atoms with Gasteiger partial charge < -0.3 is 36.3 Å². The average Bonchev–Trinajstić information content (AvgIpc) is 0.772. The summed E-state index contributed by atoms with van der Waals surface area (Å²) in [6.07, 6.45) is 18.3. The van der Waals surface area contributed by atoms with Gasteiger partial charge in [0.2, 0.25) is 0 Å². The number of rotatable bonds is 35. The van der Waals surface area contributed by atoms with Gasteiger partial charge in [-0.15, -0.1) is 0 Å². The molecule has 0 aliphatic carbocycles. The minimum Gasteiger partial charge on any atom is -0.457 e. The van der Waals surface area contributed by atoms with Crippen LogP contribution < -0.4 is 0 Å². The summed E-state index contributed by atoms with van der Waals surface area (Å²) < 4.78 is 56.8. The van der Waals surface area contributed by atoms with Crippen LogP contribution in [0, 0.1) is 53.3 Å². The van der Waals surface area contributed by atoms with Crippen molar-refractivity contribution in [2.75, 3.05) is 0 Å². The lowest BCUT2D eigenvalue weighted by Gasteiger charge is -2.53. The van der Waals surface area contributed by atoms with Gasteiger partial charge in [0.1, 0.15) is 17.2 Å². The Kier molecular flexibility index (Phi) is 33.2. The first-order valence-corrected chi connectivity index (χ1v) is 51.7. The van der Waals surface area contributed by atoms with Crippen molar-refractivity contribution < 1.29 is 50.7 Å².